The Morgan fingerprint density at radius 3 is 2.32 bits per heavy atom. The van der Waals surface area contributed by atoms with Crippen molar-refractivity contribution < 1.29 is 23.0 Å². The van der Waals surface area contributed by atoms with Crippen LogP contribution < -0.4 is 4.74 Å². The van der Waals surface area contributed by atoms with Crippen LogP contribution in [0.5, 0.6) is 11.5 Å². The third-order valence-corrected chi connectivity index (χ3v) is 2.55. The summed E-state index contributed by atoms with van der Waals surface area (Å²) in [5, 5.41) is 9.29. The maximum Gasteiger partial charge on any atom is 0.166 e. The van der Waals surface area contributed by atoms with E-state index >= 15 is 0 Å². The molecule has 2 nitrogen and oxygen atoms in total. The monoisotopic (exact) mass is 268 g/mol. The van der Waals surface area contributed by atoms with Gasteiger partial charge in [0.05, 0.1) is 6.10 Å². The Labute approximate surface area is 108 Å². The summed E-state index contributed by atoms with van der Waals surface area (Å²) >= 11 is 0. The molecule has 0 radical (unpaired) electrons. The van der Waals surface area contributed by atoms with Gasteiger partial charge in [0.1, 0.15) is 5.82 Å². The minimum atomic E-state index is -0.825. The molecule has 2 aromatic carbocycles. The van der Waals surface area contributed by atoms with Gasteiger partial charge >= 0.3 is 0 Å². The Hall–Kier alpha value is -2.01. The number of ether oxygens (including phenoxy) is 1. The van der Waals surface area contributed by atoms with Crippen LogP contribution in [0, 0.1) is 17.5 Å². The van der Waals surface area contributed by atoms with Crippen molar-refractivity contribution in [3.63, 3.8) is 0 Å². The van der Waals surface area contributed by atoms with Gasteiger partial charge in [0.2, 0.25) is 0 Å². The molecule has 1 atom stereocenters. The van der Waals surface area contributed by atoms with E-state index in [4.69, 9.17) is 4.74 Å². The standard InChI is InChI=1S/C14H11F3O2/c1-8(18)9-2-5-13(12(17)6-9)19-14-7-10(15)3-4-11(14)16/h2-8,18H,1H3/t8-/m0/s1. The van der Waals surface area contributed by atoms with Gasteiger partial charge in [-0.2, -0.15) is 0 Å². The highest BCUT2D eigenvalue weighted by Gasteiger charge is 2.12. The van der Waals surface area contributed by atoms with Crippen molar-refractivity contribution in [3.05, 3.63) is 59.4 Å². The first-order valence-corrected chi connectivity index (χ1v) is 5.58. The number of halogens is 3. The first kappa shape index (κ1) is 13.4. The van der Waals surface area contributed by atoms with Gasteiger partial charge in [-0.25, -0.2) is 13.2 Å². The van der Waals surface area contributed by atoms with E-state index in [1.54, 1.807) is 0 Å². The van der Waals surface area contributed by atoms with Crippen LogP contribution >= 0.6 is 0 Å². The van der Waals surface area contributed by atoms with E-state index in [9.17, 15) is 18.3 Å². The molecular weight excluding hydrogens is 257 g/mol. The lowest BCUT2D eigenvalue weighted by molar-refractivity contribution is 0.198. The third kappa shape index (κ3) is 3.06. The van der Waals surface area contributed by atoms with Crippen molar-refractivity contribution in [3.8, 4) is 11.5 Å². The zero-order valence-electron chi connectivity index (χ0n) is 10.0. The van der Waals surface area contributed by atoms with Crippen LogP contribution in [0.3, 0.4) is 0 Å². The SMILES string of the molecule is C[C@H](O)c1ccc(Oc2cc(F)ccc2F)c(F)c1. The van der Waals surface area contributed by atoms with E-state index in [2.05, 4.69) is 0 Å². The predicted molar refractivity (Wildman–Crippen MR) is 63.5 cm³/mol. The zero-order chi connectivity index (χ0) is 14.0. The first-order valence-electron chi connectivity index (χ1n) is 5.58. The van der Waals surface area contributed by atoms with Crippen LogP contribution in [0.25, 0.3) is 0 Å². The van der Waals surface area contributed by atoms with E-state index in [1.165, 1.54) is 19.1 Å². The van der Waals surface area contributed by atoms with Gasteiger partial charge in [0.25, 0.3) is 0 Å². The van der Waals surface area contributed by atoms with Crippen LogP contribution in [-0.4, -0.2) is 5.11 Å². The lowest BCUT2D eigenvalue weighted by atomic mass is 10.1. The molecule has 5 heteroatoms. The Kier molecular flexibility index (Phi) is 3.76. The Bertz CT molecular complexity index is 597. The van der Waals surface area contributed by atoms with Crippen molar-refractivity contribution in [2.75, 3.05) is 0 Å². The topological polar surface area (TPSA) is 29.5 Å². The molecule has 0 saturated carbocycles. The van der Waals surface area contributed by atoms with Gasteiger partial charge in [0, 0.05) is 6.07 Å². The predicted octanol–water partition coefficient (Wildman–Crippen LogP) is 3.95. The number of hydrogen-bond donors (Lipinski definition) is 1. The number of aliphatic hydroxyl groups is 1. The van der Waals surface area contributed by atoms with E-state index in [1.807, 2.05) is 0 Å². The summed E-state index contributed by atoms with van der Waals surface area (Å²) in [5.41, 5.74) is 0.365. The normalized spacial score (nSPS) is 12.3. The summed E-state index contributed by atoms with van der Waals surface area (Å²) < 4.78 is 44.9. The quantitative estimate of drug-likeness (QED) is 0.913. The van der Waals surface area contributed by atoms with Gasteiger partial charge in [-0.05, 0) is 36.8 Å². The summed E-state index contributed by atoms with van der Waals surface area (Å²) in [6, 6.07) is 6.44. The summed E-state index contributed by atoms with van der Waals surface area (Å²) in [7, 11) is 0. The molecule has 2 aromatic rings. The summed E-state index contributed by atoms with van der Waals surface area (Å²) in [6.07, 6.45) is -0.825. The second kappa shape index (κ2) is 5.32. The van der Waals surface area contributed by atoms with Gasteiger partial charge < -0.3 is 9.84 Å². The largest absolute Gasteiger partial charge is 0.451 e. The van der Waals surface area contributed by atoms with Crippen LogP contribution in [-0.2, 0) is 0 Å². The van der Waals surface area contributed by atoms with E-state index < -0.39 is 29.3 Å². The molecule has 0 spiro atoms. The van der Waals surface area contributed by atoms with Gasteiger partial charge in [-0.3, -0.25) is 0 Å². The smallest absolute Gasteiger partial charge is 0.166 e. The van der Waals surface area contributed by atoms with E-state index in [-0.39, 0.29) is 5.75 Å². The maximum absolute atomic E-state index is 13.7. The van der Waals surface area contributed by atoms with Crippen molar-refractivity contribution in [1.82, 2.24) is 0 Å². The fourth-order valence-electron chi connectivity index (χ4n) is 1.53. The molecule has 100 valence electrons. The highest BCUT2D eigenvalue weighted by molar-refractivity contribution is 5.35. The van der Waals surface area contributed by atoms with Crippen LogP contribution in [0.2, 0.25) is 0 Å². The first-order chi connectivity index (χ1) is 8.97. The van der Waals surface area contributed by atoms with Crippen LogP contribution in [0.15, 0.2) is 36.4 Å². The molecule has 0 bridgehead atoms. The third-order valence-electron chi connectivity index (χ3n) is 2.55. The highest BCUT2D eigenvalue weighted by Crippen LogP contribution is 2.29. The van der Waals surface area contributed by atoms with Crippen LogP contribution in [0.1, 0.15) is 18.6 Å². The molecule has 0 heterocycles. The molecule has 2 rings (SSSR count). The molecule has 0 fully saturated rings. The number of benzene rings is 2. The molecule has 0 saturated heterocycles. The van der Waals surface area contributed by atoms with Gasteiger partial charge in [-0.1, -0.05) is 6.07 Å². The van der Waals surface area contributed by atoms with E-state index in [0.717, 1.165) is 24.3 Å². The number of aliphatic hydroxyl groups excluding tert-OH is 1. The highest BCUT2D eigenvalue weighted by atomic mass is 19.1. The maximum atomic E-state index is 13.7. The summed E-state index contributed by atoms with van der Waals surface area (Å²) in [4.78, 5) is 0. The van der Waals surface area contributed by atoms with E-state index in [0.29, 0.717) is 5.56 Å². The lowest BCUT2D eigenvalue weighted by Crippen LogP contribution is -1.96. The molecule has 0 aliphatic rings. The van der Waals surface area contributed by atoms with Crippen LogP contribution in [0.4, 0.5) is 13.2 Å². The fourth-order valence-corrected chi connectivity index (χ4v) is 1.53. The summed E-state index contributed by atoms with van der Waals surface area (Å²) in [5.74, 6) is -2.88. The zero-order valence-corrected chi connectivity index (χ0v) is 10.0. The molecule has 0 aromatic heterocycles. The second-order valence-corrected chi connectivity index (χ2v) is 4.04. The van der Waals surface area contributed by atoms with Gasteiger partial charge in [0.15, 0.2) is 23.1 Å². The average Bonchev–Trinajstić information content (AvgIpc) is 2.36. The minimum Gasteiger partial charge on any atom is -0.451 e. The lowest BCUT2D eigenvalue weighted by Gasteiger charge is -2.10. The fraction of sp³-hybridized carbons (Fsp3) is 0.143. The second-order valence-electron chi connectivity index (χ2n) is 4.04. The van der Waals surface area contributed by atoms with Gasteiger partial charge in [-0.15, -0.1) is 0 Å². The molecular formula is C14H11F3O2. The number of hydrogen-bond acceptors (Lipinski definition) is 2. The molecule has 0 unspecified atom stereocenters. The number of rotatable bonds is 3. The summed E-state index contributed by atoms with van der Waals surface area (Å²) in [6.45, 7) is 1.49. The molecule has 19 heavy (non-hydrogen) atoms. The Morgan fingerprint density at radius 2 is 1.68 bits per heavy atom. The average molecular weight is 268 g/mol. The Balaban J connectivity index is 2.31. The molecule has 1 N–H and O–H groups in total. The van der Waals surface area contributed by atoms with Crippen molar-refractivity contribution in [2.45, 2.75) is 13.0 Å². The molecule has 0 amide bonds. The van der Waals surface area contributed by atoms with Crippen molar-refractivity contribution in [1.29, 1.82) is 0 Å². The molecule has 0 aliphatic carbocycles. The van der Waals surface area contributed by atoms with Crippen molar-refractivity contribution in [2.24, 2.45) is 0 Å². The van der Waals surface area contributed by atoms with Crippen molar-refractivity contribution >= 4 is 0 Å². The Morgan fingerprint density at radius 1 is 0.947 bits per heavy atom. The molecule has 0 aliphatic heterocycles. The minimum absolute atomic E-state index is 0.242.